The van der Waals surface area contributed by atoms with Gasteiger partial charge >= 0.3 is 0 Å². The van der Waals surface area contributed by atoms with Gasteiger partial charge in [0.15, 0.2) is 17.3 Å². The summed E-state index contributed by atoms with van der Waals surface area (Å²) in [5.74, 6) is 0.569. The highest BCUT2D eigenvalue weighted by molar-refractivity contribution is 5.82. The number of aromatic nitrogens is 4. The molecule has 0 aromatic carbocycles. The van der Waals surface area contributed by atoms with Gasteiger partial charge in [0.25, 0.3) is 0 Å². The van der Waals surface area contributed by atoms with E-state index in [1.165, 1.54) is 6.33 Å². The Bertz CT molecular complexity index is 779. The zero-order chi connectivity index (χ0) is 18.8. The van der Waals surface area contributed by atoms with Crippen LogP contribution in [-0.4, -0.2) is 77.9 Å². The Balaban J connectivity index is 1.92. The lowest BCUT2D eigenvalue weighted by Gasteiger charge is -2.39. The quantitative estimate of drug-likeness (QED) is 0.362. The smallest absolute Gasteiger partial charge is 0.183 e. The number of anilines is 1. The number of imidazole rings is 1. The van der Waals surface area contributed by atoms with Gasteiger partial charge in [-0.05, 0) is 13.3 Å². The van der Waals surface area contributed by atoms with Crippen LogP contribution in [0.2, 0.25) is 0 Å². The molecule has 1 saturated heterocycles. The number of ether oxygens (including phenoxy) is 1. The molecule has 1 aliphatic rings. The number of aliphatic hydroxyl groups excluding tert-OH is 4. The van der Waals surface area contributed by atoms with Crippen molar-refractivity contribution in [2.75, 3.05) is 18.5 Å². The van der Waals surface area contributed by atoms with E-state index >= 15 is 0 Å². The molecular formula is C16H23N5O5. The molecule has 0 unspecified atom stereocenters. The molecule has 0 aliphatic carbocycles. The number of aliphatic hydroxyl groups is 4. The second-order valence-electron chi connectivity index (χ2n) is 6.41. The molecule has 0 radical (unpaired) electrons. The lowest BCUT2D eigenvalue weighted by Crippen LogP contribution is -2.55. The first-order chi connectivity index (χ1) is 12.4. The molecule has 0 bridgehead atoms. The maximum Gasteiger partial charge on any atom is 0.183 e. The van der Waals surface area contributed by atoms with Crippen molar-refractivity contribution in [3.63, 3.8) is 0 Å². The van der Waals surface area contributed by atoms with Crippen molar-refractivity contribution >= 4 is 17.0 Å². The Morgan fingerprint density at radius 2 is 2.04 bits per heavy atom. The Morgan fingerprint density at radius 3 is 2.73 bits per heavy atom. The second-order valence-corrected chi connectivity index (χ2v) is 6.41. The van der Waals surface area contributed by atoms with Gasteiger partial charge in [-0.2, -0.15) is 0 Å². The van der Waals surface area contributed by atoms with Gasteiger partial charge in [0.1, 0.15) is 36.0 Å². The van der Waals surface area contributed by atoms with Crippen LogP contribution < -0.4 is 5.32 Å². The summed E-state index contributed by atoms with van der Waals surface area (Å²) in [5.41, 5.74) is 1.98. The number of rotatable bonds is 6. The van der Waals surface area contributed by atoms with Gasteiger partial charge in [-0.1, -0.05) is 5.57 Å². The number of H-pyrrole nitrogens is 1. The molecule has 10 nitrogen and oxygen atoms in total. The number of hydrogen-bond donors (Lipinski definition) is 6. The summed E-state index contributed by atoms with van der Waals surface area (Å²) < 4.78 is 5.52. The first-order valence-electron chi connectivity index (χ1n) is 8.32. The molecule has 2 aromatic heterocycles. The highest BCUT2D eigenvalue weighted by atomic mass is 16.5. The van der Waals surface area contributed by atoms with E-state index in [1.807, 2.05) is 6.92 Å². The summed E-state index contributed by atoms with van der Waals surface area (Å²) >= 11 is 0. The molecule has 0 saturated carbocycles. The average Bonchev–Trinajstić information content (AvgIpc) is 3.08. The number of fused-ring (bicyclic) bond motifs is 1. The lowest BCUT2D eigenvalue weighted by molar-refractivity contribution is -0.233. The monoisotopic (exact) mass is 365 g/mol. The SMILES string of the molecule is C=C(C)CCNc1nc([C@@H]2O[C@H](CO)[C@H](O)[C@H](O)[C@H]2O)nc2nc[nH]c12. The molecule has 26 heavy (non-hydrogen) atoms. The Morgan fingerprint density at radius 1 is 1.27 bits per heavy atom. The Labute approximate surface area is 149 Å². The number of nitrogens with one attached hydrogen (secondary N) is 2. The number of nitrogens with zero attached hydrogens (tertiary/aromatic N) is 3. The Kier molecular flexibility index (Phi) is 5.49. The van der Waals surface area contributed by atoms with Crippen LogP contribution in [0.3, 0.4) is 0 Å². The number of hydrogen-bond acceptors (Lipinski definition) is 9. The summed E-state index contributed by atoms with van der Waals surface area (Å²) in [6, 6.07) is 0. The van der Waals surface area contributed by atoms with E-state index in [-0.39, 0.29) is 5.82 Å². The van der Waals surface area contributed by atoms with Gasteiger partial charge in [-0.3, -0.25) is 0 Å². The van der Waals surface area contributed by atoms with E-state index in [0.29, 0.717) is 23.5 Å². The predicted octanol–water partition coefficient (Wildman–Crippen LogP) is -0.754. The molecule has 1 aliphatic heterocycles. The number of aromatic amines is 1. The molecular weight excluding hydrogens is 342 g/mol. The van der Waals surface area contributed by atoms with Crippen LogP contribution in [-0.2, 0) is 4.74 Å². The highest BCUT2D eigenvalue weighted by Crippen LogP contribution is 2.32. The summed E-state index contributed by atoms with van der Waals surface area (Å²) in [5, 5.41) is 42.7. The Hall–Kier alpha value is -2.11. The van der Waals surface area contributed by atoms with Crippen molar-refractivity contribution in [1.29, 1.82) is 0 Å². The van der Waals surface area contributed by atoms with Crippen LogP contribution >= 0.6 is 0 Å². The molecule has 1 fully saturated rings. The van der Waals surface area contributed by atoms with Gasteiger partial charge in [0, 0.05) is 6.54 Å². The summed E-state index contributed by atoms with van der Waals surface area (Å²) in [6.45, 7) is 5.85. The molecule has 0 spiro atoms. The minimum absolute atomic E-state index is 0.0966. The minimum atomic E-state index is -1.50. The molecule has 142 valence electrons. The maximum atomic E-state index is 10.3. The van der Waals surface area contributed by atoms with E-state index in [4.69, 9.17) is 4.74 Å². The van der Waals surface area contributed by atoms with E-state index in [9.17, 15) is 20.4 Å². The van der Waals surface area contributed by atoms with E-state index in [0.717, 1.165) is 12.0 Å². The fraction of sp³-hybridized carbons (Fsp3) is 0.562. The van der Waals surface area contributed by atoms with Crippen LogP contribution in [0.15, 0.2) is 18.5 Å². The molecule has 0 amide bonds. The van der Waals surface area contributed by atoms with Crippen molar-refractivity contribution in [2.45, 2.75) is 43.9 Å². The van der Waals surface area contributed by atoms with Gasteiger partial charge in [-0.15, -0.1) is 6.58 Å². The van der Waals surface area contributed by atoms with Crippen molar-refractivity contribution < 1.29 is 25.2 Å². The van der Waals surface area contributed by atoms with Crippen molar-refractivity contribution in [3.8, 4) is 0 Å². The van der Waals surface area contributed by atoms with Crippen LogP contribution in [0.5, 0.6) is 0 Å². The summed E-state index contributed by atoms with van der Waals surface area (Å²) in [6.07, 6.45) is -4.31. The van der Waals surface area contributed by atoms with E-state index < -0.39 is 37.1 Å². The van der Waals surface area contributed by atoms with Gasteiger partial charge in [0.2, 0.25) is 0 Å². The van der Waals surface area contributed by atoms with Crippen LogP contribution in [0, 0.1) is 0 Å². The molecule has 3 heterocycles. The van der Waals surface area contributed by atoms with Gasteiger partial charge in [0.05, 0.1) is 12.9 Å². The fourth-order valence-corrected chi connectivity index (χ4v) is 2.81. The fourth-order valence-electron chi connectivity index (χ4n) is 2.81. The predicted molar refractivity (Wildman–Crippen MR) is 92.3 cm³/mol. The molecule has 2 aromatic rings. The van der Waals surface area contributed by atoms with E-state index in [1.54, 1.807) is 0 Å². The first-order valence-corrected chi connectivity index (χ1v) is 8.32. The van der Waals surface area contributed by atoms with Crippen LogP contribution in [0.25, 0.3) is 11.2 Å². The zero-order valence-electron chi connectivity index (χ0n) is 14.3. The third kappa shape index (κ3) is 3.55. The molecule has 10 heteroatoms. The normalized spacial score (nSPS) is 29.0. The van der Waals surface area contributed by atoms with Crippen LogP contribution in [0.1, 0.15) is 25.3 Å². The maximum absolute atomic E-state index is 10.3. The molecule has 6 N–H and O–H groups in total. The van der Waals surface area contributed by atoms with E-state index in [2.05, 4.69) is 31.8 Å². The lowest BCUT2D eigenvalue weighted by atomic mass is 9.95. The van der Waals surface area contributed by atoms with Crippen molar-refractivity contribution in [1.82, 2.24) is 19.9 Å². The third-order valence-electron chi connectivity index (χ3n) is 4.29. The van der Waals surface area contributed by atoms with Crippen LogP contribution in [0.4, 0.5) is 5.82 Å². The van der Waals surface area contributed by atoms with Gasteiger partial charge in [-0.25, -0.2) is 15.0 Å². The second kappa shape index (κ2) is 7.64. The third-order valence-corrected chi connectivity index (χ3v) is 4.29. The summed E-state index contributed by atoms with van der Waals surface area (Å²) in [4.78, 5) is 15.7. The average molecular weight is 365 g/mol. The largest absolute Gasteiger partial charge is 0.394 e. The molecule has 3 rings (SSSR count). The highest BCUT2D eigenvalue weighted by Gasteiger charge is 2.45. The zero-order valence-corrected chi connectivity index (χ0v) is 14.3. The first kappa shape index (κ1) is 18.7. The summed E-state index contributed by atoms with van der Waals surface area (Å²) in [7, 11) is 0. The van der Waals surface area contributed by atoms with Crippen molar-refractivity contribution in [2.24, 2.45) is 0 Å². The standard InChI is InChI=1S/C16H23N5O5/c1-7(2)3-4-17-14-9-15(19-6-18-9)21-16(20-14)13-12(25)11(24)10(23)8(5-22)26-13/h6,8,10-13,22-25H,1,3-5H2,2H3,(H2,17,18,19,20,21)/t8-,10+,11+,12-,13-/m1/s1. The van der Waals surface area contributed by atoms with Gasteiger partial charge < -0.3 is 35.5 Å². The van der Waals surface area contributed by atoms with Crippen molar-refractivity contribution in [3.05, 3.63) is 24.3 Å². The topological polar surface area (TPSA) is 157 Å². The molecule has 5 atom stereocenters. The minimum Gasteiger partial charge on any atom is -0.394 e.